The van der Waals surface area contributed by atoms with Crippen molar-refractivity contribution in [2.24, 2.45) is 5.73 Å². The molecule has 1 fully saturated rings. The minimum Gasteiger partial charge on any atom is -0.329 e. The van der Waals surface area contributed by atoms with Crippen molar-refractivity contribution in [3.8, 4) is 0 Å². The van der Waals surface area contributed by atoms with Gasteiger partial charge < -0.3 is 10.3 Å². The fourth-order valence-electron chi connectivity index (χ4n) is 3.10. The first kappa shape index (κ1) is 10.3. The van der Waals surface area contributed by atoms with Crippen LogP contribution in [-0.2, 0) is 13.0 Å². The molecule has 0 saturated heterocycles. The number of nitrogens with two attached hydrogens (primary N) is 1. The Labute approximate surface area is 97.0 Å². The first-order valence-corrected chi connectivity index (χ1v) is 6.61. The quantitative estimate of drug-likeness (QED) is 0.830. The fraction of sp³-hybridized carbons (Fsp3) is 0.769. The van der Waals surface area contributed by atoms with Crippen molar-refractivity contribution >= 4 is 0 Å². The summed E-state index contributed by atoms with van der Waals surface area (Å²) in [6.45, 7) is 2.93. The Morgan fingerprint density at radius 2 is 2.12 bits per heavy atom. The summed E-state index contributed by atoms with van der Waals surface area (Å²) in [5, 5.41) is 0. The standard InChI is InChI=1S/C13H21N3/c1-9-4-2-7-12-11(8-14)15-13(16(9)12)10-5-3-6-10/h9-10H,2-8,14H2,1H3. The lowest BCUT2D eigenvalue weighted by Crippen LogP contribution is -2.22. The lowest BCUT2D eigenvalue weighted by Gasteiger charge is -2.30. The first-order chi connectivity index (χ1) is 7.81. The highest BCUT2D eigenvalue weighted by Gasteiger charge is 2.30. The zero-order valence-corrected chi connectivity index (χ0v) is 10.1. The molecule has 0 radical (unpaired) electrons. The molecule has 1 atom stereocenters. The third-order valence-electron chi connectivity index (χ3n) is 4.26. The van der Waals surface area contributed by atoms with E-state index in [1.807, 2.05) is 0 Å². The van der Waals surface area contributed by atoms with Crippen LogP contribution in [0.3, 0.4) is 0 Å². The Morgan fingerprint density at radius 3 is 2.75 bits per heavy atom. The highest BCUT2D eigenvalue weighted by atomic mass is 15.1. The third kappa shape index (κ3) is 1.41. The van der Waals surface area contributed by atoms with E-state index in [-0.39, 0.29) is 0 Å². The molecule has 3 heteroatoms. The third-order valence-corrected chi connectivity index (χ3v) is 4.26. The average Bonchev–Trinajstić information content (AvgIpc) is 2.56. The molecule has 1 saturated carbocycles. The number of fused-ring (bicyclic) bond motifs is 1. The van der Waals surface area contributed by atoms with Crippen molar-refractivity contribution in [1.82, 2.24) is 9.55 Å². The van der Waals surface area contributed by atoms with Gasteiger partial charge in [-0.25, -0.2) is 4.98 Å². The van der Waals surface area contributed by atoms with Gasteiger partial charge in [0.15, 0.2) is 0 Å². The van der Waals surface area contributed by atoms with Crippen molar-refractivity contribution in [1.29, 1.82) is 0 Å². The van der Waals surface area contributed by atoms with Crippen LogP contribution in [0, 0.1) is 0 Å². The van der Waals surface area contributed by atoms with Crippen LogP contribution in [0.4, 0.5) is 0 Å². The number of hydrogen-bond donors (Lipinski definition) is 1. The maximum Gasteiger partial charge on any atom is 0.112 e. The molecule has 3 rings (SSSR count). The summed E-state index contributed by atoms with van der Waals surface area (Å²) in [5.74, 6) is 2.06. The van der Waals surface area contributed by atoms with Crippen LogP contribution < -0.4 is 5.73 Å². The predicted molar refractivity (Wildman–Crippen MR) is 64.4 cm³/mol. The van der Waals surface area contributed by atoms with E-state index in [4.69, 9.17) is 10.7 Å². The molecule has 3 nitrogen and oxygen atoms in total. The molecule has 88 valence electrons. The maximum atomic E-state index is 5.82. The molecular formula is C13H21N3. The van der Waals surface area contributed by atoms with Gasteiger partial charge in [0.2, 0.25) is 0 Å². The van der Waals surface area contributed by atoms with Crippen LogP contribution in [0.2, 0.25) is 0 Å². The molecule has 1 aromatic heterocycles. The van der Waals surface area contributed by atoms with Crippen LogP contribution in [0.5, 0.6) is 0 Å². The minimum atomic E-state index is 0.606. The Hall–Kier alpha value is -0.830. The SMILES string of the molecule is CC1CCCc2c(CN)nc(C3CCC3)n21. The summed E-state index contributed by atoms with van der Waals surface area (Å²) in [4.78, 5) is 4.82. The number of imidazole rings is 1. The predicted octanol–water partition coefficient (Wildman–Crippen LogP) is 2.51. The summed E-state index contributed by atoms with van der Waals surface area (Å²) in [7, 11) is 0. The minimum absolute atomic E-state index is 0.606. The van der Waals surface area contributed by atoms with Crippen molar-refractivity contribution in [3.63, 3.8) is 0 Å². The first-order valence-electron chi connectivity index (χ1n) is 6.61. The Kier molecular flexibility index (Phi) is 2.51. The smallest absolute Gasteiger partial charge is 0.112 e. The van der Waals surface area contributed by atoms with Crippen LogP contribution in [0.1, 0.15) is 68.2 Å². The van der Waals surface area contributed by atoms with Gasteiger partial charge >= 0.3 is 0 Å². The molecule has 1 aliphatic carbocycles. The van der Waals surface area contributed by atoms with Gasteiger partial charge in [0.05, 0.1) is 5.69 Å². The second kappa shape index (κ2) is 3.88. The molecule has 2 N–H and O–H groups in total. The van der Waals surface area contributed by atoms with E-state index in [1.54, 1.807) is 0 Å². The Bertz CT molecular complexity index is 390. The largest absolute Gasteiger partial charge is 0.329 e. The van der Waals surface area contributed by atoms with Gasteiger partial charge in [-0.3, -0.25) is 0 Å². The van der Waals surface area contributed by atoms with Crippen molar-refractivity contribution in [2.75, 3.05) is 0 Å². The summed E-state index contributed by atoms with van der Waals surface area (Å²) < 4.78 is 2.51. The molecular weight excluding hydrogens is 198 g/mol. The number of aromatic nitrogens is 2. The molecule has 0 aromatic carbocycles. The van der Waals surface area contributed by atoms with Crippen LogP contribution in [-0.4, -0.2) is 9.55 Å². The maximum absolute atomic E-state index is 5.82. The van der Waals surface area contributed by atoms with E-state index in [0.29, 0.717) is 12.6 Å². The molecule has 0 spiro atoms. The molecule has 2 aliphatic rings. The van der Waals surface area contributed by atoms with Gasteiger partial charge in [0.25, 0.3) is 0 Å². The molecule has 1 aliphatic heterocycles. The van der Waals surface area contributed by atoms with E-state index in [1.165, 1.54) is 50.0 Å². The van der Waals surface area contributed by atoms with Gasteiger partial charge in [-0.05, 0) is 39.0 Å². The van der Waals surface area contributed by atoms with E-state index >= 15 is 0 Å². The Morgan fingerprint density at radius 1 is 1.31 bits per heavy atom. The summed E-state index contributed by atoms with van der Waals surface area (Å²) in [5.41, 5.74) is 8.41. The van der Waals surface area contributed by atoms with Gasteiger partial charge in [-0.2, -0.15) is 0 Å². The monoisotopic (exact) mass is 219 g/mol. The summed E-state index contributed by atoms with van der Waals surface area (Å²) >= 11 is 0. The molecule has 1 unspecified atom stereocenters. The molecule has 16 heavy (non-hydrogen) atoms. The second-order valence-electron chi connectivity index (χ2n) is 5.31. The van der Waals surface area contributed by atoms with Gasteiger partial charge in [-0.15, -0.1) is 0 Å². The van der Waals surface area contributed by atoms with Gasteiger partial charge in [-0.1, -0.05) is 6.42 Å². The van der Waals surface area contributed by atoms with Crippen molar-refractivity contribution in [2.45, 2.75) is 64.0 Å². The zero-order chi connectivity index (χ0) is 11.1. The molecule has 1 aromatic rings. The second-order valence-corrected chi connectivity index (χ2v) is 5.31. The lowest BCUT2D eigenvalue weighted by molar-refractivity contribution is 0.350. The molecule has 0 amide bonds. The highest BCUT2D eigenvalue weighted by Crippen LogP contribution is 2.40. The lowest BCUT2D eigenvalue weighted by atomic mass is 9.84. The van der Waals surface area contributed by atoms with Crippen LogP contribution >= 0.6 is 0 Å². The number of rotatable bonds is 2. The van der Waals surface area contributed by atoms with Crippen LogP contribution in [0.15, 0.2) is 0 Å². The summed E-state index contributed by atoms with van der Waals surface area (Å²) in [6.07, 6.45) is 7.80. The van der Waals surface area contributed by atoms with E-state index < -0.39 is 0 Å². The molecule has 0 bridgehead atoms. The Balaban J connectivity index is 2.06. The van der Waals surface area contributed by atoms with E-state index in [0.717, 1.165) is 11.6 Å². The molecule has 2 heterocycles. The van der Waals surface area contributed by atoms with E-state index in [9.17, 15) is 0 Å². The van der Waals surface area contributed by atoms with Crippen LogP contribution in [0.25, 0.3) is 0 Å². The van der Waals surface area contributed by atoms with Crippen molar-refractivity contribution < 1.29 is 0 Å². The normalized spacial score (nSPS) is 25.2. The highest BCUT2D eigenvalue weighted by molar-refractivity contribution is 5.23. The van der Waals surface area contributed by atoms with E-state index in [2.05, 4.69) is 11.5 Å². The van der Waals surface area contributed by atoms with Crippen molar-refractivity contribution in [3.05, 3.63) is 17.2 Å². The number of hydrogen-bond acceptors (Lipinski definition) is 2. The van der Waals surface area contributed by atoms with Gasteiger partial charge in [0.1, 0.15) is 5.82 Å². The topological polar surface area (TPSA) is 43.8 Å². The average molecular weight is 219 g/mol. The van der Waals surface area contributed by atoms with Gasteiger partial charge in [0, 0.05) is 24.2 Å². The zero-order valence-electron chi connectivity index (χ0n) is 10.1. The fourth-order valence-corrected chi connectivity index (χ4v) is 3.10. The number of nitrogens with zero attached hydrogens (tertiary/aromatic N) is 2. The summed E-state index contributed by atoms with van der Waals surface area (Å²) in [6, 6.07) is 0.632.